The van der Waals surface area contributed by atoms with E-state index in [1.54, 1.807) is 25.1 Å². The minimum atomic E-state index is -0.751. The average Bonchev–Trinajstić information content (AvgIpc) is 3.38. The van der Waals surface area contributed by atoms with Gasteiger partial charge < -0.3 is 20.4 Å². The zero-order valence-electron chi connectivity index (χ0n) is 19.6. The number of nitrogens with zero attached hydrogens (tertiary/aromatic N) is 1. The van der Waals surface area contributed by atoms with Crippen molar-refractivity contribution >= 4 is 35.0 Å². The second-order valence-corrected chi connectivity index (χ2v) is 9.12. The molecule has 0 unspecified atom stereocenters. The molecule has 36 heavy (non-hydrogen) atoms. The lowest BCUT2D eigenvalue weighted by molar-refractivity contribution is -0.114. The van der Waals surface area contributed by atoms with E-state index < -0.39 is 11.7 Å². The molecule has 0 bridgehead atoms. The molecule has 0 radical (unpaired) electrons. The number of carbonyl (C=O) groups excluding carboxylic acids is 2. The van der Waals surface area contributed by atoms with Crippen LogP contribution in [0.4, 0.5) is 15.8 Å². The van der Waals surface area contributed by atoms with Crippen molar-refractivity contribution in [2.75, 3.05) is 16.4 Å². The summed E-state index contributed by atoms with van der Waals surface area (Å²) < 4.78 is 18.7. The molecule has 182 valence electrons. The summed E-state index contributed by atoms with van der Waals surface area (Å²) in [5, 5.41) is 19.3. The fourth-order valence-electron chi connectivity index (χ4n) is 3.86. The van der Waals surface area contributed by atoms with Crippen LogP contribution >= 0.6 is 11.8 Å². The van der Waals surface area contributed by atoms with E-state index in [1.807, 2.05) is 25.1 Å². The molecule has 2 heterocycles. The molecule has 9 heteroatoms. The quantitative estimate of drug-likeness (QED) is 0.398. The second kappa shape index (κ2) is 11.0. The van der Waals surface area contributed by atoms with E-state index in [0.29, 0.717) is 33.4 Å². The Bertz CT molecular complexity index is 1390. The fraction of sp³-hybridized carbons (Fsp3) is 0.148. The van der Waals surface area contributed by atoms with Gasteiger partial charge in [-0.2, -0.15) is 5.26 Å². The van der Waals surface area contributed by atoms with Gasteiger partial charge in [0.25, 0.3) is 5.91 Å². The highest BCUT2D eigenvalue weighted by atomic mass is 32.2. The number of carbonyl (C=O) groups is 2. The smallest absolute Gasteiger partial charge is 0.254 e. The first-order valence-electron chi connectivity index (χ1n) is 11.1. The SMILES string of the molecule is CC1=C(C(=O)Nc2cccc(C)c2)[C@H](c2ccco2)C(C#N)=C(SCC(=O)Nc2ccc(F)cc2)N1. The van der Waals surface area contributed by atoms with Gasteiger partial charge in [-0.05, 0) is 67.9 Å². The minimum absolute atomic E-state index is 0.00608. The third kappa shape index (κ3) is 5.67. The molecule has 0 saturated heterocycles. The number of nitriles is 1. The van der Waals surface area contributed by atoms with Crippen LogP contribution in [-0.4, -0.2) is 17.6 Å². The first-order valence-corrected chi connectivity index (χ1v) is 12.1. The lowest BCUT2D eigenvalue weighted by Gasteiger charge is -2.28. The van der Waals surface area contributed by atoms with Gasteiger partial charge in [0, 0.05) is 17.1 Å². The van der Waals surface area contributed by atoms with E-state index in [2.05, 4.69) is 22.0 Å². The first kappa shape index (κ1) is 24.8. The Morgan fingerprint density at radius 1 is 1.08 bits per heavy atom. The highest BCUT2D eigenvalue weighted by Crippen LogP contribution is 2.41. The van der Waals surface area contributed by atoms with Gasteiger partial charge in [-0.25, -0.2) is 4.39 Å². The number of hydrogen-bond donors (Lipinski definition) is 3. The lowest BCUT2D eigenvalue weighted by atomic mass is 9.85. The normalized spacial score (nSPS) is 15.2. The topological polar surface area (TPSA) is 107 Å². The Balaban J connectivity index is 1.57. The summed E-state index contributed by atoms with van der Waals surface area (Å²) in [7, 11) is 0. The number of thioether (sulfide) groups is 1. The Kier molecular flexibility index (Phi) is 7.56. The second-order valence-electron chi connectivity index (χ2n) is 8.13. The summed E-state index contributed by atoms with van der Waals surface area (Å²) in [6.45, 7) is 3.68. The number of aryl methyl sites for hydroxylation is 1. The Hall–Kier alpha value is -4.29. The molecule has 1 atom stereocenters. The van der Waals surface area contributed by atoms with Crippen LogP contribution in [0.5, 0.6) is 0 Å². The first-order chi connectivity index (χ1) is 17.4. The van der Waals surface area contributed by atoms with Crippen molar-refractivity contribution in [2.45, 2.75) is 19.8 Å². The molecule has 1 aliphatic heterocycles. The van der Waals surface area contributed by atoms with Crippen molar-refractivity contribution < 1.29 is 18.4 Å². The minimum Gasteiger partial charge on any atom is -0.468 e. The summed E-state index contributed by atoms with van der Waals surface area (Å²) in [5.74, 6) is -1.40. The number of amides is 2. The van der Waals surface area contributed by atoms with E-state index in [-0.39, 0.29) is 23.1 Å². The van der Waals surface area contributed by atoms with Crippen molar-refractivity contribution in [1.82, 2.24) is 5.32 Å². The molecule has 0 spiro atoms. The standard InChI is InChI=1S/C27H23FN4O3S/c1-16-5-3-6-20(13-16)32-26(34)24-17(2)30-27(21(14-29)25(24)22-7-4-12-35-22)36-15-23(33)31-19-10-8-18(28)9-11-19/h3-13,25,30H,15H2,1-2H3,(H,31,33)(H,32,34)/t25-/m0/s1. The number of benzene rings is 2. The Morgan fingerprint density at radius 2 is 1.86 bits per heavy atom. The van der Waals surface area contributed by atoms with Crippen LogP contribution in [0.2, 0.25) is 0 Å². The van der Waals surface area contributed by atoms with Crippen molar-refractivity contribution in [3.63, 3.8) is 0 Å². The molecule has 2 amide bonds. The van der Waals surface area contributed by atoms with Crippen LogP contribution < -0.4 is 16.0 Å². The fourth-order valence-corrected chi connectivity index (χ4v) is 4.75. The molecular weight excluding hydrogens is 479 g/mol. The molecule has 4 rings (SSSR count). The summed E-state index contributed by atoms with van der Waals surface area (Å²) in [6.07, 6.45) is 1.49. The average molecular weight is 503 g/mol. The van der Waals surface area contributed by atoms with Crippen LogP contribution in [0.1, 0.15) is 24.2 Å². The number of rotatable bonds is 7. The van der Waals surface area contributed by atoms with Crippen LogP contribution in [0.15, 0.2) is 93.2 Å². The molecule has 2 aromatic carbocycles. The molecule has 1 aliphatic rings. The van der Waals surface area contributed by atoms with E-state index in [0.717, 1.165) is 17.3 Å². The number of nitrogens with one attached hydrogen (secondary N) is 3. The maximum absolute atomic E-state index is 13.4. The number of halogens is 1. The Morgan fingerprint density at radius 3 is 2.53 bits per heavy atom. The monoisotopic (exact) mass is 502 g/mol. The predicted molar refractivity (Wildman–Crippen MR) is 137 cm³/mol. The number of furan rings is 1. The molecule has 0 fully saturated rings. The van der Waals surface area contributed by atoms with Gasteiger partial charge in [-0.15, -0.1) is 0 Å². The van der Waals surface area contributed by atoms with Crippen LogP contribution in [-0.2, 0) is 9.59 Å². The summed E-state index contributed by atoms with van der Waals surface area (Å²) >= 11 is 1.14. The van der Waals surface area contributed by atoms with Gasteiger partial charge >= 0.3 is 0 Å². The van der Waals surface area contributed by atoms with Crippen LogP contribution in [0.25, 0.3) is 0 Å². The zero-order valence-corrected chi connectivity index (χ0v) is 20.4. The largest absolute Gasteiger partial charge is 0.468 e. The van der Waals surface area contributed by atoms with Crippen molar-refractivity contribution in [3.05, 3.63) is 106 Å². The van der Waals surface area contributed by atoms with Crippen LogP contribution in [0, 0.1) is 24.1 Å². The van der Waals surface area contributed by atoms with Gasteiger partial charge in [0.2, 0.25) is 5.91 Å². The van der Waals surface area contributed by atoms with Gasteiger partial charge in [-0.1, -0.05) is 23.9 Å². The Labute approximate surface area is 212 Å². The lowest BCUT2D eigenvalue weighted by Crippen LogP contribution is -2.31. The maximum atomic E-state index is 13.4. The van der Waals surface area contributed by atoms with E-state index in [1.165, 1.54) is 30.5 Å². The van der Waals surface area contributed by atoms with E-state index in [9.17, 15) is 19.2 Å². The van der Waals surface area contributed by atoms with Gasteiger partial charge in [-0.3, -0.25) is 9.59 Å². The number of allylic oxidation sites excluding steroid dienone is 2. The van der Waals surface area contributed by atoms with Crippen molar-refractivity contribution in [1.29, 1.82) is 5.26 Å². The predicted octanol–water partition coefficient (Wildman–Crippen LogP) is 5.43. The number of hydrogen-bond acceptors (Lipinski definition) is 6. The third-order valence-electron chi connectivity index (χ3n) is 5.47. The van der Waals surface area contributed by atoms with Crippen molar-refractivity contribution in [3.8, 4) is 6.07 Å². The van der Waals surface area contributed by atoms with E-state index >= 15 is 0 Å². The van der Waals surface area contributed by atoms with Gasteiger partial charge in [0.1, 0.15) is 11.6 Å². The van der Waals surface area contributed by atoms with Crippen molar-refractivity contribution in [2.24, 2.45) is 0 Å². The van der Waals surface area contributed by atoms with E-state index in [4.69, 9.17) is 4.42 Å². The summed E-state index contributed by atoms with van der Waals surface area (Å²) in [5.41, 5.74) is 3.26. The maximum Gasteiger partial charge on any atom is 0.254 e. The van der Waals surface area contributed by atoms with Gasteiger partial charge in [0.05, 0.1) is 40.2 Å². The summed E-state index contributed by atoms with van der Waals surface area (Å²) in [4.78, 5) is 25.9. The molecule has 3 N–H and O–H groups in total. The molecule has 3 aromatic rings. The molecule has 1 aromatic heterocycles. The van der Waals surface area contributed by atoms with Crippen LogP contribution in [0.3, 0.4) is 0 Å². The summed E-state index contributed by atoms with van der Waals surface area (Å²) in [6, 6.07) is 18.5. The zero-order chi connectivity index (χ0) is 25.7. The third-order valence-corrected chi connectivity index (χ3v) is 6.49. The number of dihydropyridines is 1. The molecule has 0 aliphatic carbocycles. The molecule has 7 nitrogen and oxygen atoms in total. The molecular formula is C27H23FN4O3S. The highest BCUT2D eigenvalue weighted by molar-refractivity contribution is 8.03. The number of anilines is 2. The molecule has 0 saturated carbocycles. The van der Waals surface area contributed by atoms with Gasteiger partial charge in [0.15, 0.2) is 0 Å². The highest BCUT2D eigenvalue weighted by Gasteiger charge is 2.36.